The molecule has 0 aromatic heterocycles. The maximum atomic E-state index is 12.0. The molecule has 102 valence electrons. The van der Waals surface area contributed by atoms with Crippen molar-refractivity contribution >= 4 is 5.91 Å². The van der Waals surface area contributed by atoms with Crippen LogP contribution in [-0.4, -0.2) is 31.3 Å². The number of carbonyl (C=O) groups excluding carboxylic acids is 1. The normalized spacial score (nSPS) is 14.8. The summed E-state index contributed by atoms with van der Waals surface area (Å²) < 4.78 is 10.4. The van der Waals surface area contributed by atoms with Crippen LogP contribution < -0.4 is 10.1 Å². The van der Waals surface area contributed by atoms with Crippen molar-refractivity contribution in [2.45, 2.75) is 25.5 Å². The van der Waals surface area contributed by atoms with Crippen LogP contribution in [0, 0.1) is 11.3 Å². The average molecular weight is 262 g/mol. The molecule has 1 aromatic carbocycles. The number of hydrogen-bond acceptors (Lipinski definition) is 4. The van der Waals surface area contributed by atoms with Crippen LogP contribution in [0.15, 0.2) is 30.3 Å². The first kappa shape index (κ1) is 15.0. The summed E-state index contributed by atoms with van der Waals surface area (Å²) in [5.74, 6) is 0.250. The van der Waals surface area contributed by atoms with Crippen molar-refractivity contribution in [1.82, 2.24) is 5.32 Å². The standard InChI is InChI=1S/C14H18N2O3/c1-11(19-12-7-5-4-6-8-12)13(17)16-14(2,9-15)10-18-3/h4-8,11H,10H2,1-3H3,(H,16,17)/t11-,14+/m0/s1. The Balaban J connectivity index is 2.60. The molecule has 0 radical (unpaired) electrons. The molecule has 0 saturated heterocycles. The van der Waals surface area contributed by atoms with Gasteiger partial charge in [-0.2, -0.15) is 5.26 Å². The number of methoxy groups -OCH3 is 1. The second-order valence-electron chi connectivity index (χ2n) is 4.44. The summed E-state index contributed by atoms with van der Waals surface area (Å²) in [6, 6.07) is 11.1. The lowest BCUT2D eigenvalue weighted by molar-refractivity contribution is -0.129. The molecule has 0 aliphatic heterocycles. The number of para-hydroxylation sites is 1. The van der Waals surface area contributed by atoms with Gasteiger partial charge < -0.3 is 14.8 Å². The molecule has 0 spiro atoms. The van der Waals surface area contributed by atoms with Crippen molar-refractivity contribution in [3.8, 4) is 11.8 Å². The summed E-state index contributed by atoms with van der Waals surface area (Å²) in [4.78, 5) is 12.0. The third kappa shape index (κ3) is 4.60. The van der Waals surface area contributed by atoms with Gasteiger partial charge in [-0.15, -0.1) is 0 Å². The van der Waals surface area contributed by atoms with Crippen LogP contribution >= 0.6 is 0 Å². The lowest BCUT2D eigenvalue weighted by Gasteiger charge is -2.24. The largest absolute Gasteiger partial charge is 0.481 e. The smallest absolute Gasteiger partial charge is 0.262 e. The van der Waals surface area contributed by atoms with Gasteiger partial charge in [0.15, 0.2) is 6.10 Å². The van der Waals surface area contributed by atoms with Crippen molar-refractivity contribution in [3.05, 3.63) is 30.3 Å². The first-order valence-electron chi connectivity index (χ1n) is 5.94. The molecule has 5 nitrogen and oxygen atoms in total. The molecule has 0 fully saturated rings. The van der Waals surface area contributed by atoms with E-state index in [1.54, 1.807) is 26.0 Å². The van der Waals surface area contributed by atoms with E-state index in [4.69, 9.17) is 14.7 Å². The lowest BCUT2D eigenvalue weighted by atomic mass is 10.1. The van der Waals surface area contributed by atoms with Crippen LogP contribution in [0.3, 0.4) is 0 Å². The number of nitrogens with one attached hydrogen (secondary N) is 1. The highest BCUT2D eigenvalue weighted by Gasteiger charge is 2.28. The minimum atomic E-state index is -1.06. The molecule has 0 aliphatic carbocycles. The van der Waals surface area contributed by atoms with Crippen molar-refractivity contribution in [2.24, 2.45) is 0 Å². The van der Waals surface area contributed by atoms with E-state index in [1.807, 2.05) is 24.3 Å². The molecule has 0 unspecified atom stereocenters. The molecule has 0 bridgehead atoms. The SMILES string of the molecule is COC[C@@](C)(C#N)NC(=O)[C@H](C)Oc1ccccc1. The van der Waals surface area contributed by atoms with E-state index in [0.717, 1.165) is 0 Å². The van der Waals surface area contributed by atoms with E-state index < -0.39 is 11.6 Å². The molecule has 1 N–H and O–H groups in total. The van der Waals surface area contributed by atoms with Crippen molar-refractivity contribution < 1.29 is 14.3 Å². The van der Waals surface area contributed by atoms with E-state index in [2.05, 4.69) is 5.32 Å². The Kier molecular flexibility index (Phi) is 5.34. The van der Waals surface area contributed by atoms with E-state index >= 15 is 0 Å². The maximum absolute atomic E-state index is 12.0. The summed E-state index contributed by atoms with van der Waals surface area (Å²) in [6.07, 6.45) is -0.688. The van der Waals surface area contributed by atoms with Gasteiger partial charge in [-0.3, -0.25) is 4.79 Å². The Labute approximate surface area is 113 Å². The maximum Gasteiger partial charge on any atom is 0.262 e. The number of nitriles is 1. The summed E-state index contributed by atoms with van der Waals surface area (Å²) in [5.41, 5.74) is -1.06. The van der Waals surface area contributed by atoms with Gasteiger partial charge in [0, 0.05) is 7.11 Å². The Morgan fingerprint density at radius 3 is 2.63 bits per heavy atom. The first-order chi connectivity index (χ1) is 9.00. The fourth-order valence-corrected chi connectivity index (χ4v) is 1.52. The predicted molar refractivity (Wildman–Crippen MR) is 70.6 cm³/mol. The zero-order valence-electron chi connectivity index (χ0n) is 11.3. The van der Waals surface area contributed by atoms with E-state index in [9.17, 15) is 4.79 Å². The molecule has 1 aromatic rings. The Bertz CT molecular complexity index is 456. The Hall–Kier alpha value is -2.06. The van der Waals surface area contributed by atoms with Crippen LogP contribution in [0.4, 0.5) is 0 Å². The fraction of sp³-hybridized carbons (Fsp3) is 0.429. The van der Waals surface area contributed by atoms with Gasteiger partial charge in [0.2, 0.25) is 0 Å². The topological polar surface area (TPSA) is 71.3 Å². The first-order valence-corrected chi connectivity index (χ1v) is 5.94. The van der Waals surface area contributed by atoms with Crippen molar-refractivity contribution in [3.63, 3.8) is 0 Å². The van der Waals surface area contributed by atoms with Gasteiger partial charge in [0.25, 0.3) is 5.91 Å². The predicted octanol–water partition coefficient (Wildman–Crippen LogP) is 1.50. The number of benzene rings is 1. The Morgan fingerprint density at radius 1 is 1.47 bits per heavy atom. The minimum Gasteiger partial charge on any atom is -0.481 e. The van der Waals surface area contributed by atoms with Crippen molar-refractivity contribution in [2.75, 3.05) is 13.7 Å². The summed E-state index contributed by atoms with van der Waals surface area (Å²) >= 11 is 0. The zero-order chi connectivity index (χ0) is 14.3. The fourth-order valence-electron chi connectivity index (χ4n) is 1.52. The van der Waals surface area contributed by atoms with Gasteiger partial charge in [-0.1, -0.05) is 18.2 Å². The number of rotatable bonds is 6. The lowest BCUT2D eigenvalue weighted by Crippen LogP contribution is -2.52. The summed E-state index contributed by atoms with van der Waals surface area (Å²) in [7, 11) is 1.48. The number of nitrogens with zero attached hydrogens (tertiary/aromatic N) is 1. The van der Waals surface area contributed by atoms with Gasteiger partial charge >= 0.3 is 0 Å². The van der Waals surface area contributed by atoms with Crippen molar-refractivity contribution in [1.29, 1.82) is 5.26 Å². The van der Waals surface area contributed by atoms with Gasteiger partial charge in [-0.25, -0.2) is 0 Å². The van der Waals surface area contributed by atoms with Crippen LogP contribution in [-0.2, 0) is 9.53 Å². The molecule has 0 saturated carbocycles. The molecular weight excluding hydrogens is 244 g/mol. The number of hydrogen-bond donors (Lipinski definition) is 1. The molecule has 2 atom stereocenters. The highest BCUT2D eigenvalue weighted by atomic mass is 16.5. The van der Waals surface area contributed by atoms with Crippen LogP contribution in [0.2, 0.25) is 0 Å². The molecule has 0 heterocycles. The molecule has 1 rings (SSSR count). The quantitative estimate of drug-likeness (QED) is 0.843. The minimum absolute atomic E-state index is 0.118. The summed E-state index contributed by atoms with van der Waals surface area (Å²) in [6.45, 7) is 3.35. The van der Waals surface area contributed by atoms with Gasteiger partial charge in [0.05, 0.1) is 12.7 Å². The van der Waals surface area contributed by atoms with Crippen LogP contribution in [0.5, 0.6) is 5.75 Å². The average Bonchev–Trinajstić information content (AvgIpc) is 2.40. The molecule has 1 amide bonds. The van der Waals surface area contributed by atoms with E-state index in [-0.39, 0.29) is 12.5 Å². The number of amides is 1. The number of ether oxygens (including phenoxy) is 2. The van der Waals surface area contributed by atoms with Crippen LogP contribution in [0.25, 0.3) is 0 Å². The summed E-state index contributed by atoms with van der Waals surface area (Å²) in [5, 5.41) is 11.7. The third-order valence-corrected chi connectivity index (χ3v) is 2.50. The van der Waals surface area contributed by atoms with Gasteiger partial charge in [0.1, 0.15) is 11.3 Å². The highest BCUT2D eigenvalue weighted by molar-refractivity contribution is 5.81. The van der Waals surface area contributed by atoms with Gasteiger partial charge in [-0.05, 0) is 26.0 Å². The zero-order valence-corrected chi connectivity index (χ0v) is 11.3. The van der Waals surface area contributed by atoms with E-state index in [0.29, 0.717) is 5.75 Å². The Morgan fingerprint density at radius 2 is 2.11 bits per heavy atom. The molecule has 0 aliphatic rings. The molecule has 5 heteroatoms. The van der Waals surface area contributed by atoms with E-state index in [1.165, 1.54) is 7.11 Å². The monoisotopic (exact) mass is 262 g/mol. The molecule has 19 heavy (non-hydrogen) atoms. The van der Waals surface area contributed by atoms with Crippen LogP contribution in [0.1, 0.15) is 13.8 Å². The highest BCUT2D eigenvalue weighted by Crippen LogP contribution is 2.11. The third-order valence-electron chi connectivity index (χ3n) is 2.50. The molecular formula is C14H18N2O3. The second-order valence-corrected chi connectivity index (χ2v) is 4.44. The second kappa shape index (κ2) is 6.76. The number of carbonyl (C=O) groups is 1.